The van der Waals surface area contributed by atoms with E-state index in [0.29, 0.717) is 5.02 Å². The van der Waals surface area contributed by atoms with E-state index in [2.05, 4.69) is 25.4 Å². The van der Waals surface area contributed by atoms with Crippen LogP contribution >= 0.6 is 11.6 Å². The second-order valence-electron chi connectivity index (χ2n) is 3.20. The van der Waals surface area contributed by atoms with Gasteiger partial charge in [-0.25, -0.2) is 9.02 Å². The van der Waals surface area contributed by atoms with E-state index in [9.17, 15) is 4.39 Å². The summed E-state index contributed by atoms with van der Waals surface area (Å²) in [4.78, 5) is 0. The molecule has 94 valence electrons. The van der Waals surface area contributed by atoms with Gasteiger partial charge in [0.1, 0.15) is 5.82 Å². The molecule has 0 unspecified atom stereocenters. The van der Waals surface area contributed by atoms with Crippen LogP contribution in [0.2, 0.25) is 5.02 Å². The molecule has 1 aromatic heterocycles. The van der Waals surface area contributed by atoms with Crippen molar-refractivity contribution < 1.29 is 14.2 Å². The minimum atomic E-state index is -0.587. The van der Waals surface area contributed by atoms with E-state index < -0.39 is 5.82 Å². The van der Waals surface area contributed by atoms with E-state index >= 15 is 0 Å². The molecule has 0 bridgehead atoms. The average molecular weight is 272 g/mol. The van der Waals surface area contributed by atoms with Crippen LogP contribution in [0.15, 0.2) is 28.0 Å². The lowest BCUT2D eigenvalue weighted by Crippen LogP contribution is -2.16. The number of hydrogen-bond acceptors (Lipinski definition) is 6. The smallest absolute Gasteiger partial charge is 0.203 e. The van der Waals surface area contributed by atoms with Crippen molar-refractivity contribution >= 4 is 28.9 Å². The summed E-state index contributed by atoms with van der Waals surface area (Å²) in [5.74, 6) is -0.900. The highest BCUT2D eigenvalue weighted by Gasteiger charge is 2.16. The first-order valence-electron chi connectivity index (χ1n) is 4.64. The lowest BCUT2D eigenvalue weighted by Gasteiger charge is -2.07. The molecule has 0 aliphatic heterocycles. The highest BCUT2D eigenvalue weighted by Crippen LogP contribution is 2.20. The minimum Gasteiger partial charge on any atom is -0.409 e. The van der Waals surface area contributed by atoms with Crippen LogP contribution in [0.25, 0.3) is 0 Å². The topological polar surface area (TPSA) is 110 Å². The molecule has 0 fully saturated rings. The van der Waals surface area contributed by atoms with Crippen molar-refractivity contribution in [2.24, 2.45) is 5.16 Å². The third-order valence-electron chi connectivity index (χ3n) is 2.02. The molecule has 0 aliphatic carbocycles. The maximum absolute atomic E-state index is 13.5. The number of nitrogens with zero attached hydrogens (tertiary/aromatic N) is 3. The number of anilines is 2. The van der Waals surface area contributed by atoms with Crippen LogP contribution in [0, 0.1) is 5.82 Å². The van der Waals surface area contributed by atoms with E-state index in [-0.39, 0.29) is 23.0 Å². The van der Waals surface area contributed by atoms with Crippen LogP contribution in [0.4, 0.5) is 15.9 Å². The molecule has 1 heterocycles. The van der Waals surface area contributed by atoms with Gasteiger partial charge in [0.2, 0.25) is 5.84 Å². The first kappa shape index (κ1) is 12.1. The van der Waals surface area contributed by atoms with Gasteiger partial charge in [-0.1, -0.05) is 16.8 Å². The first-order chi connectivity index (χ1) is 8.61. The number of amidine groups is 1. The summed E-state index contributed by atoms with van der Waals surface area (Å²) >= 11 is 5.72. The van der Waals surface area contributed by atoms with Gasteiger partial charge in [0, 0.05) is 5.02 Å². The quantitative estimate of drug-likeness (QED) is 0.332. The van der Waals surface area contributed by atoms with Gasteiger partial charge in [0.05, 0.1) is 5.69 Å². The Bertz CT molecular complexity index is 600. The summed E-state index contributed by atoms with van der Waals surface area (Å²) in [6, 6.07) is 3.85. The van der Waals surface area contributed by atoms with Crippen LogP contribution in [0.3, 0.4) is 0 Å². The summed E-state index contributed by atoms with van der Waals surface area (Å²) in [5, 5.41) is 21.3. The van der Waals surface area contributed by atoms with Crippen molar-refractivity contribution in [2.75, 3.05) is 11.1 Å². The summed E-state index contributed by atoms with van der Waals surface area (Å²) in [6.45, 7) is 0. The number of hydrogen-bond donors (Lipinski definition) is 3. The Balaban J connectivity index is 2.32. The van der Waals surface area contributed by atoms with E-state index in [0.717, 1.165) is 6.07 Å². The molecule has 2 rings (SSSR count). The van der Waals surface area contributed by atoms with E-state index in [4.69, 9.17) is 22.5 Å². The zero-order valence-corrected chi connectivity index (χ0v) is 9.52. The molecule has 4 N–H and O–H groups in total. The summed E-state index contributed by atoms with van der Waals surface area (Å²) < 4.78 is 17.8. The summed E-state index contributed by atoms with van der Waals surface area (Å²) in [5.41, 5.74) is 5.37. The first-order valence-corrected chi connectivity index (χ1v) is 5.02. The van der Waals surface area contributed by atoms with Gasteiger partial charge < -0.3 is 16.3 Å². The third-order valence-corrected chi connectivity index (χ3v) is 2.25. The largest absolute Gasteiger partial charge is 0.409 e. The second-order valence-corrected chi connectivity index (χ2v) is 3.63. The molecule has 0 spiro atoms. The maximum Gasteiger partial charge on any atom is 0.203 e. The molecule has 0 atom stereocenters. The standard InChI is InChI=1S/C9H7ClFN5O2/c10-4-1-2-5(11)6(3-4)13-9(14-17)7-8(12)16-18-15-7/h1-3,17H,(H2,12,16)(H,13,14). The van der Waals surface area contributed by atoms with Crippen LogP contribution in [0.1, 0.15) is 5.69 Å². The minimum absolute atomic E-state index is 0.00213. The van der Waals surface area contributed by atoms with E-state index in [1.54, 1.807) is 0 Å². The Morgan fingerprint density at radius 2 is 2.28 bits per heavy atom. The molecule has 0 radical (unpaired) electrons. The van der Waals surface area contributed by atoms with Gasteiger partial charge in [-0.15, -0.1) is 0 Å². The van der Waals surface area contributed by atoms with Crippen LogP contribution in [0.5, 0.6) is 0 Å². The highest BCUT2D eigenvalue weighted by molar-refractivity contribution is 6.31. The predicted octanol–water partition coefficient (Wildman–Crippen LogP) is 1.69. The normalized spacial score (nSPS) is 11.6. The maximum atomic E-state index is 13.5. The van der Waals surface area contributed by atoms with E-state index in [1.165, 1.54) is 12.1 Å². The van der Waals surface area contributed by atoms with Crippen molar-refractivity contribution in [1.29, 1.82) is 0 Å². The molecule has 0 aliphatic rings. The van der Waals surface area contributed by atoms with Crippen molar-refractivity contribution in [3.8, 4) is 0 Å². The van der Waals surface area contributed by atoms with Gasteiger partial charge in [-0.3, -0.25) is 0 Å². The molecule has 1 aromatic carbocycles. The predicted molar refractivity (Wildman–Crippen MR) is 62.1 cm³/mol. The zero-order chi connectivity index (χ0) is 13.1. The van der Waals surface area contributed by atoms with Gasteiger partial charge in [0.25, 0.3) is 0 Å². The zero-order valence-electron chi connectivity index (χ0n) is 8.76. The fourth-order valence-corrected chi connectivity index (χ4v) is 1.38. The number of aromatic nitrogens is 2. The SMILES string of the molecule is Nc1nonc1/C(=N\O)Nc1cc(Cl)ccc1F. The van der Waals surface area contributed by atoms with Gasteiger partial charge in [-0.2, -0.15) is 0 Å². The van der Waals surface area contributed by atoms with Crippen LogP contribution < -0.4 is 11.1 Å². The van der Waals surface area contributed by atoms with Crippen molar-refractivity contribution in [3.63, 3.8) is 0 Å². The van der Waals surface area contributed by atoms with Crippen LogP contribution in [-0.4, -0.2) is 21.4 Å². The summed E-state index contributed by atoms with van der Waals surface area (Å²) in [7, 11) is 0. The number of halogens is 2. The Kier molecular flexibility index (Phi) is 3.28. The summed E-state index contributed by atoms with van der Waals surface area (Å²) in [6.07, 6.45) is 0. The molecule has 0 saturated heterocycles. The van der Waals surface area contributed by atoms with Gasteiger partial charge in [-0.05, 0) is 28.5 Å². The number of benzene rings is 1. The molecule has 0 saturated carbocycles. The number of rotatable bonds is 2. The Morgan fingerprint density at radius 1 is 1.50 bits per heavy atom. The lowest BCUT2D eigenvalue weighted by atomic mass is 10.3. The Labute approximate surface area is 105 Å². The molecular weight excluding hydrogens is 265 g/mol. The van der Waals surface area contributed by atoms with Gasteiger partial charge >= 0.3 is 0 Å². The highest BCUT2D eigenvalue weighted by atomic mass is 35.5. The number of nitrogens with two attached hydrogens (primary N) is 1. The van der Waals surface area contributed by atoms with Crippen molar-refractivity contribution in [3.05, 3.63) is 34.7 Å². The number of oxime groups is 1. The fraction of sp³-hybridized carbons (Fsp3) is 0. The van der Waals surface area contributed by atoms with Crippen molar-refractivity contribution in [2.45, 2.75) is 0 Å². The molecular formula is C9H7ClFN5O2. The third kappa shape index (κ3) is 2.33. The Hall–Kier alpha value is -2.35. The number of nitrogen functional groups attached to an aromatic ring is 1. The lowest BCUT2D eigenvalue weighted by molar-refractivity contribution is 0.305. The molecule has 2 aromatic rings. The molecule has 7 nitrogen and oxygen atoms in total. The monoisotopic (exact) mass is 271 g/mol. The fourth-order valence-electron chi connectivity index (χ4n) is 1.21. The molecule has 0 amide bonds. The van der Waals surface area contributed by atoms with Crippen LogP contribution in [-0.2, 0) is 0 Å². The molecule has 9 heteroatoms. The van der Waals surface area contributed by atoms with Crippen molar-refractivity contribution in [1.82, 2.24) is 10.3 Å². The number of nitrogens with one attached hydrogen (secondary N) is 1. The molecule has 18 heavy (non-hydrogen) atoms. The second kappa shape index (κ2) is 4.88. The average Bonchev–Trinajstić information content (AvgIpc) is 2.77. The van der Waals surface area contributed by atoms with E-state index in [1.807, 2.05) is 0 Å². The Morgan fingerprint density at radius 3 is 2.89 bits per heavy atom. The van der Waals surface area contributed by atoms with Gasteiger partial charge in [0.15, 0.2) is 11.5 Å².